The number of benzene rings is 1. The summed E-state index contributed by atoms with van der Waals surface area (Å²) < 4.78 is 10.3. The van der Waals surface area contributed by atoms with Gasteiger partial charge in [-0.3, -0.25) is 4.79 Å². The van der Waals surface area contributed by atoms with E-state index < -0.39 is 0 Å². The topological polar surface area (TPSA) is 59.6 Å². The highest BCUT2D eigenvalue weighted by Crippen LogP contribution is 2.18. The predicted octanol–water partition coefficient (Wildman–Crippen LogP) is 1.32. The first-order valence-corrected chi connectivity index (χ1v) is 6.70. The first-order valence-electron chi connectivity index (χ1n) is 6.29. The number of hydrogen-bond acceptors (Lipinski definition) is 4. The van der Waals surface area contributed by atoms with Crippen LogP contribution in [0.2, 0.25) is 0 Å². The molecule has 0 heterocycles. The minimum Gasteiger partial charge on any atom is -0.483 e. The number of amides is 1. The summed E-state index contributed by atoms with van der Waals surface area (Å²) >= 11 is 4.97. The van der Waals surface area contributed by atoms with E-state index in [9.17, 15) is 4.79 Å². The molecule has 1 aromatic rings. The number of hydrogen-bond donors (Lipinski definition) is 2. The van der Waals surface area contributed by atoms with Crippen molar-refractivity contribution in [3.63, 3.8) is 0 Å². The highest BCUT2D eigenvalue weighted by atomic mass is 32.1. The molecule has 0 unspecified atom stereocenters. The molecule has 20 heavy (non-hydrogen) atoms. The van der Waals surface area contributed by atoms with E-state index in [0.29, 0.717) is 18.9 Å². The molecule has 1 amide bonds. The summed E-state index contributed by atoms with van der Waals surface area (Å²) in [6.45, 7) is 4.91. The zero-order chi connectivity index (χ0) is 15.0. The molecule has 1 aromatic carbocycles. The van der Waals surface area contributed by atoms with E-state index in [4.69, 9.17) is 21.7 Å². The number of rotatable bonds is 6. The molecule has 0 atom stereocenters. The third-order valence-corrected chi connectivity index (χ3v) is 2.79. The van der Waals surface area contributed by atoms with Gasteiger partial charge in [-0.25, -0.2) is 0 Å². The van der Waals surface area contributed by atoms with E-state index in [1.807, 2.05) is 32.0 Å². The zero-order valence-corrected chi connectivity index (χ0v) is 12.8. The van der Waals surface area contributed by atoms with Crippen molar-refractivity contribution in [3.05, 3.63) is 29.3 Å². The Balaban J connectivity index is 2.36. The Hall–Kier alpha value is -1.66. The Morgan fingerprint density at radius 3 is 2.80 bits per heavy atom. The molecule has 0 aliphatic carbocycles. The number of nitrogens with one attached hydrogen (secondary N) is 2. The van der Waals surface area contributed by atoms with Crippen LogP contribution in [0, 0.1) is 13.8 Å². The average molecular weight is 296 g/mol. The molecule has 1 rings (SSSR count). The van der Waals surface area contributed by atoms with Crippen LogP contribution in [-0.4, -0.2) is 37.9 Å². The standard InChI is InChI=1S/C14H20N2O3S/c1-10-4-5-11(2)12(8-10)19-9-13(17)16-14(20)15-6-7-18-3/h4-5,8H,6-7,9H2,1-3H3,(H2,15,16,17,20). The van der Waals surface area contributed by atoms with Crippen LogP contribution in [0.5, 0.6) is 5.75 Å². The smallest absolute Gasteiger partial charge is 0.264 e. The predicted molar refractivity (Wildman–Crippen MR) is 82.0 cm³/mol. The van der Waals surface area contributed by atoms with Crippen molar-refractivity contribution in [2.45, 2.75) is 13.8 Å². The normalized spacial score (nSPS) is 9.95. The fourth-order valence-electron chi connectivity index (χ4n) is 1.48. The fraction of sp³-hybridized carbons (Fsp3) is 0.429. The third-order valence-electron chi connectivity index (χ3n) is 2.55. The summed E-state index contributed by atoms with van der Waals surface area (Å²) in [6, 6.07) is 5.86. The monoisotopic (exact) mass is 296 g/mol. The molecule has 0 spiro atoms. The van der Waals surface area contributed by atoms with Gasteiger partial charge in [0.05, 0.1) is 6.61 Å². The van der Waals surface area contributed by atoms with Crippen LogP contribution in [-0.2, 0) is 9.53 Å². The quantitative estimate of drug-likeness (QED) is 0.612. The Labute approximate surface area is 124 Å². The van der Waals surface area contributed by atoms with Crippen LogP contribution in [0.15, 0.2) is 18.2 Å². The molecule has 0 aliphatic rings. The van der Waals surface area contributed by atoms with Gasteiger partial charge < -0.3 is 20.1 Å². The highest BCUT2D eigenvalue weighted by molar-refractivity contribution is 7.80. The molecule has 0 saturated carbocycles. The van der Waals surface area contributed by atoms with Crippen molar-refractivity contribution >= 4 is 23.2 Å². The lowest BCUT2D eigenvalue weighted by molar-refractivity contribution is -0.121. The summed E-state index contributed by atoms with van der Waals surface area (Å²) in [4.78, 5) is 11.7. The van der Waals surface area contributed by atoms with Gasteiger partial charge in [0.1, 0.15) is 5.75 Å². The van der Waals surface area contributed by atoms with Gasteiger partial charge in [-0.05, 0) is 43.3 Å². The van der Waals surface area contributed by atoms with E-state index in [1.54, 1.807) is 7.11 Å². The van der Waals surface area contributed by atoms with E-state index in [-0.39, 0.29) is 17.6 Å². The second kappa shape index (κ2) is 8.50. The molecule has 0 fully saturated rings. The average Bonchev–Trinajstić information content (AvgIpc) is 2.40. The molecule has 110 valence electrons. The second-order valence-corrected chi connectivity index (χ2v) is 4.76. The largest absolute Gasteiger partial charge is 0.483 e. The van der Waals surface area contributed by atoms with Gasteiger partial charge in [0.15, 0.2) is 11.7 Å². The molecule has 6 heteroatoms. The summed E-state index contributed by atoms with van der Waals surface area (Å²) in [5.41, 5.74) is 2.08. The summed E-state index contributed by atoms with van der Waals surface area (Å²) in [5.74, 6) is 0.416. The number of ether oxygens (including phenoxy) is 2. The van der Waals surface area contributed by atoms with Gasteiger partial charge >= 0.3 is 0 Å². The Kier molecular flexibility index (Phi) is 6.97. The number of carbonyl (C=O) groups excluding carboxylic acids is 1. The minimum atomic E-state index is -0.291. The van der Waals surface area contributed by atoms with Crippen LogP contribution >= 0.6 is 12.2 Å². The zero-order valence-electron chi connectivity index (χ0n) is 12.0. The number of aryl methyl sites for hydroxylation is 2. The van der Waals surface area contributed by atoms with Crippen molar-refractivity contribution in [1.29, 1.82) is 0 Å². The number of carbonyl (C=O) groups is 1. The molecule has 0 saturated heterocycles. The van der Waals surface area contributed by atoms with Crippen molar-refractivity contribution in [2.24, 2.45) is 0 Å². The van der Waals surface area contributed by atoms with Crippen molar-refractivity contribution in [1.82, 2.24) is 10.6 Å². The minimum absolute atomic E-state index is 0.0730. The Morgan fingerprint density at radius 1 is 1.35 bits per heavy atom. The van der Waals surface area contributed by atoms with Crippen LogP contribution in [0.3, 0.4) is 0 Å². The summed E-state index contributed by atoms with van der Waals surface area (Å²) in [5, 5.41) is 5.67. The molecule has 0 aliphatic heterocycles. The molecule has 0 bridgehead atoms. The van der Waals surface area contributed by atoms with Gasteiger partial charge in [0, 0.05) is 13.7 Å². The van der Waals surface area contributed by atoms with Crippen LogP contribution in [0.1, 0.15) is 11.1 Å². The molecule has 2 N–H and O–H groups in total. The number of thiocarbonyl (C=S) groups is 1. The third kappa shape index (κ3) is 5.99. The van der Waals surface area contributed by atoms with Gasteiger partial charge in [0.2, 0.25) is 0 Å². The lowest BCUT2D eigenvalue weighted by atomic mass is 10.1. The van der Waals surface area contributed by atoms with Crippen LogP contribution < -0.4 is 15.4 Å². The SMILES string of the molecule is COCCNC(=S)NC(=O)COc1cc(C)ccc1C. The molecule has 5 nitrogen and oxygen atoms in total. The maximum Gasteiger partial charge on any atom is 0.264 e. The molecular formula is C14H20N2O3S. The van der Waals surface area contributed by atoms with E-state index in [2.05, 4.69) is 10.6 Å². The van der Waals surface area contributed by atoms with E-state index in [0.717, 1.165) is 11.1 Å². The summed E-state index contributed by atoms with van der Waals surface area (Å²) in [7, 11) is 1.60. The highest BCUT2D eigenvalue weighted by Gasteiger charge is 2.07. The van der Waals surface area contributed by atoms with Gasteiger partial charge in [-0.15, -0.1) is 0 Å². The fourth-order valence-corrected chi connectivity index (χ4v) is 1.70. The van der Waals surface area contributed by atoms with E-state index >= 15 is 0 Å². The van der Waals surface area contributed by atoms with Gasteiger partial charge in [-0.2, -0.15) is 0 Å². The van der Waals surface area contributed by atoms with Crippen molar-refractivity contribution in [2.75, 3.05) is 26.9 Å². The second-order valence-electron chi connectivity index (χ2n) is 4.35. The Bertz CT molecular complexity index is 477. The summed E-state index contributed by atoms with van der Waals surface area (Å²) in [6.07, 6.45) is 0. The Morgan fingerprint density at radius 2 is 2.10 bits per heavy atom. The van der Waals surface area contributed by atoms with Crippen LogP contribution in [0.4, 0.5) is 0 Å². The maximum absolute atomic E-state index is 11.7. The van der Waals surface area contributed by atoms with Crippen LogP contribution in [0.25, 0.3) is 0 Å². The van der Waals surface area contributed by atoms with Gasteiger partial charge in [-0.1, -0.05) is 12.1 Å². The van der Waals surface area contributed by atoms with E-state index in [1.165, 1.54) is 0 Å². The first-order chi connectivity index (χ1) is 9.52. The first kappa shape index (κ1) is 16.4. The maximum atomic E-state index is 11.7. The molecule has 0 aromatic heterocycles. The number of methoxy groups -OCH3 is 1. The van der Waals surface area contributed by atoms with Gasteiger partial charge in [0.25, 0.3) is 5.91 Å². The van der Waals surface area contributed by atoms with Crippen molar-refractivity contribution < 1.29 is 14.3 Å². The van der Waals surface area contributed by atoms with Crippen molar-refractivity contribution in [3.8, 4) is 5.75 Å². The lowest BCUT2D eigenvalue weighted by Crippen LogP contribution is -2.42. The molecular weight excluding hydrogens is 276 g/mol. The molecule has 0 radical (unpaired) electrons. The lowest BCUT2D eigenvalue weighted by Gasteiger charge is -2.11.